The number of carbonyl (C=O) groups is 1. The van der Waals surface area contributed by atoms with E-state index in [1.165, 1.54) is 0 Å². The summed E-state index contributed by atoms with van der Waals surface area (Å²) >= 11 is 0. The highest BCUT2D eigenvalue weighted by molar-refractivity contribution is 5.76. The predicted octanol–water partition coefficient (Wildman–Crippen LogP) is -1.12. The Morgan fingerprint density at radius 1 is 1.33 bits per heavy atom. The van der Waals surface area contributed by atoms with E-state index in [0.29, 0.717) is 13.0 Å². The van der Waals surface area contributed by atoms with Crippen molar-refractivity contribution in [3.8, 4) is 0 Å². The van der Waals surface area contributed by atoms with Gasteiger partial charge in [0.25, 0.3) is 5.56 Å². The maximum Gasteiger partial charge on any atom is 0.342 e. The van der Waals surface area contributed by atoms with E-state index >= 15 is 0 Å². The zero-order valence-corrected chi connectivity index (χ0v) is 9.86. The van der Waals surface area contributed by atoms with E-state index < -0.39 is 11.2 Å². The van der Waals surface area contributed by atoms with Crippen molar-refractivity contribution in [2.45, 2.75) is 19.3 Å². The lowest BCUT2D eigenvalue weighted by Crippen LogP contribution is -2.31. The molecule has 0 atom stereocenters. The molecule has 0 spiro atoms. The number of nitrogens with one attached hydrogen (secondary N) is 3. The summed E-state index contributed by atoms with van der Waals surface area (Å²) in [6, 6.07) is 0. The third-order valence-corrected chi connectivity index (χ3v) is 2.80. The smallest absolute Gasteiger partial charge is 0.342 e. The molecule has 98 valence electrons. The second-order valence-electron chi connectivity index (χ2n) is 4.12. The van der Waals surface area contributed by atoms with Crippen molar-refractivity contribution in [3.63, 3.8) is 0 Å². The molecule has 0 saturated carbocycles. The molecule has 0 radical (unpaired) electrons. The lowest BCUT2D eigenvalue weighted by molar-refractivity contribution is -0.129. The highest BCUT2D eigenvalue weighted by Gasteiger charge is 2.17. The molecule has 1 aromatic heterocycles. The monoisotopic (exact) mass is 253 g/mol. The lowest BCUT2D eigenvalue weighted by atomic mass is 10.3. The summed E-state index contributed by atoms with van der Waals surface area (Å²) in [5, 5.41) is 8.39. The molecular formula is C10H15N5O3. The minimum Gasteiger partial charge on any atom is -0.364 e. The van der Waals surface area contributed by atoms with Gasteiger partial charge in [0, 0.05) is 26.1 Å². The number of rotatable bonds is 4. The number of carbonyl (C=O) groups excluding carboxylic acids is 1. The second-order valence-corrected chi connectivity index (χ2v) is 4.12. The molecule has 8 nitrogen and oxygen atoms in total. The Balaban J connectivity index is 1.83. The van der Waals surface area contributed by atoms with Crippen LogP contribution in [0.2, 0.25) is 0 Å². The number of aromatic nitrogens is 3. The van der Waals surface area contributed by atoms with E-state index in [9.17, 15) is 14.4 Å². The van der Waals surface area contributed by atoms with E-state index in [-0.39, 0.29) is 11.7 Å². The molecule has 2 rings (SSSR count). The third-order valence-electron chi connectivity index (χ3n) is 2.80. The van der Waals surface area contributed by atoms with Gasteiger partial charge in [-0.05, 0) is 12.8 Å². The molecule has 2 heterocycles. The van der Waals surface area contributed by atoms with Crippen LogP contribution in [0.15, 0.2) is 9.59 Å². The van der Waals surface area contributed by atoms with Gasteiger partial charge in [-0.3, -0.25) is 14.6 Å². The Morgan fingerprint density at radius 2 is 2.06 bits per heavy atom. The van der Waals surface area contributed by atoms with Crippen molar-refractivity contribution < 1.29 is 4.79 Å². The molecule has 1 aliphatic rings. The first kappa shape index (κ1) is 12.3. The molecule has 1 aliphatic heterocycles. The summed E-state index contributed by atoms with van der Waals surface area (Å²) in [5.74, 6) is 0.0877. The van der Waals surface area contributed by atoms with Crippen molar-refractivity contribution in [1.82, 2.24) is 20.1 Å². The molecule has 0 aromatic carbocycles. The largest absolute Gasteiger partial charge is 0.364 e. The van der Waals surface area contributed by atoms with Crippen molar-refractivity contribution in [3.05, 3.63) is 20.8 Å². The van der Waals surface area contributed by atoms with Gasteiger partial charge in [-0.2, -0.15) is 0 Å². The number of amides is 1. The molecule has 8 heteroatoms. The van der Waals surface area contributed by atoms with Crippen LogP contribution in [0.5, 0.6) is 0 Å². The van der Waals surface area contributed by atoms with Crippen molar-refractivity contribution in [2.75, 3.05) is 25.0 Å². The van der Waals surface area contributed by atoms with E-state index in [4.69, 9.17) is 0 Å². The van der Waals surface area contributed by atoms with Crippen LogP contribution in [0.25, 0.3) is 0 Å². The topological polar surface area (TPSA) is 111 Å². The van der Waals surface area contributed by atoms with E-state index in [0.717, 1.165) is 25.9 Å². The lowest BCUT2D eigenvalue weighted by Gasteiger charge is -2.14. The summed E-state index contributed by atoms with van der Waals surface area (Å²) in [5.41, 5.74) is -1.24. The number of H-pyrrole nitrogens is 2. The maximum absolute atomic E-state index is 11.7. The van der Waals surface area contributed by atoms with Crippen LogP contribution in [0, 0.1) is 0 Å². The van der Waals surface area contributed by atoms with Gasteiger partial charge >= 0.3 is 5.69 Å². The Labute approximate surface area is 102 Å². The summed E-state index contributed by atoms with van der Waals surface area (Å²) in [6.07, 6.45) is 2.42. The molecule has 0 bridgehead atoms. The van der Waals surface area contributed by atoms with Crippen LogP contribution in [-0.2, 0) is 4.79 Å². The Morgan fingerprint density at radius 3 is 2.72 bits per heavy atom. The summed E-state index contributed by atoms with van der Waals surface area (Å²) in [7, 11) is 0. The van der Waals surface area contributed by atoms with E-state index in [1.54, 1.807) is 0 Å². The van der Waals surface area contributed by atoms with Crippen LogP contribution >= 0.6 is 0 Å². The average Bonchev–Trinajstić information content (AvgIpc) is 2.85. The fourth-order valence-corrected chi connectivity index (χ4v) is 1.88. The predicted molar refractivity (Wildman–Crippen MR) is 64.4 cm³/mol. The van der Waals surface area contributed by atoms with Gasteiger partial charge in [-0.1, -0.05) is 0 Å². The molecule has 1 aromatic rings. The standard InChI is InChI=1S/C10H15N5O3/c16-7(15-5-1-2-6-15)3-4-11-8-9(17)12-10(18)14-13-8/h1-6H2,(H,11,13)(H2,12,14,17,18). The number of likely N-dealkylation sites (tertiary alicyclic amines) is 1. The van der Waals surface area contributed by atoms with Gasteiger partial charge in [-0.15, -0.1) is 5.10 Å². The Hall–Kier alpha value is -2.12. The van der Waals surface area contributed by atoms with Gasteiger partial charge in [-0.25, -0.2) is 9.89 Å². The molecular weight excluding hydrogens is 238 g/mol. The van der Waals surface area contributed by atoms with Crippen LogP contribution in [0.4, 0.5) is 5.82 Å². The zero-order chi connectivity index (χ0) is 13.0. The van der Waals surface area contributed by atoms with Crippen molar-refractivity contribution in [2.24, 2.45) is 0 Å². The van der Waals surface area contributed by atoms with Gasteiger partial charge in [0.15, 0.2) is 0 Å². The first-order valence-electron chi connectivity index (χ1n) is 5.87. The van der Waals surface area contributed by atoms with E-state index in [2.05, 4.69) is 15.5 Å². The number of anilines is 1. The third kappa shape index (κ3) is 2.96. The van der Waals surface area contributed by atoms with Gasteiger partial charge in [0.1, 0.15) is 0 Å². The van der Waals surface area contributed by atoms with Gasteiger partial charge < -0.3 is 10.2 Å². The number of nitrogens with zero attached hydrogens (tertiary/aromatic N) is 2. The highest BCUT2D eigenvalue weighted by atomic mass is 16.2. The average molecular weight is 253 g/mol. The highest BCUT2D eigenvalue weighted by Crippen LogP contribution is 2.08. The normalized spacial score (nSPS) is 14.8. The molecule has 1 saturated heterocycles. The second kappa shape index (κ2) is 5.48. The number of aromatic amines is 2. The number of hydrogen-bond donors (Lipinski definition) is 3. The molecule has 0 unspecified atom stereocenters. The van der Waals surface area contributed by atoms with Crippen LogP contribution in [0.1, 0.15) is 19.3 Å². The van der Waals surface area contributed by atoms with Gasteiger partial charge in [0.05, 0.1) is 0 Å². The first-order chi connectivity index (χ1) is 8.66. The molecule has 18 heavy (non-hydrogen) atoms. The SMILES string of the molecule is O=C(CCNc1n[nH]c(=O)[nH]c1=O)N1CCCC1. The summed E-state index contributed by atoms with van der Waals surface area (Å²) in [6.45, 7) is 1.95. The summed E-state index contributed by atoms with van der Waals surface area (Å²) < 4.78 is 0. The van der Waals surface area contributed by atoms with Crippen LogP contribution in [0.3, 0.4) is 0 Å². The quantitative estimate of drug-likeness (QED) is 0.629. The molecule has 0 aliphatic carbocycles. The zero-order valence-electron chi connectivity index (χ0n) is 9.86. The fourth-order valence-electron chi connectivity index (χ4n) is 1.88. The van der Waals surface area contributed by atoms with Crippen molar-refractivity contribution >= 4 is 11.7 Å². The molecule has 1 amide bonds. The van der Waals surface area contributed by atoms with Gasteiger partial charge in [0.2, 0.25) is 11.7 Å². The first-order valence-corrected chi connectivity index (χ1v) is 5.87. The fraction of sp³-hybridized carbons (Fsp3) is 0.600. The Kier molecular flexibility index (Phi) is 3.75. The van der Waals surface area contributed by atoms with E-state index in [1.807, 2.05) is 9.88 Å². The maximum atomic E-state index is 11.7. The number of hydrogen-bond acceptors (Lipinski definition) is 5. The van der Waals surface area contributed by atoms with Crippen LogP contribution < -0.4 is 16.6 Å². The minimum absolute atomic E-state index is 0.0174. The molecule has 1 fully saturated rings. The summed E-state index contributed by atoms with van der Waals surface area (Å²) in [4.78, 5) is 37.6. The molecule has 3 N–H and O–H groups in total. The van der Waals surface area contributed by atoms with Crippen molar-refractivity contribution in [1.29, 1.82) is 0 Å². The Bertz CT molecular complexity index is 529. The van der Waals surface area contributed by atoms with Crippen LogP contribution in [-0.4, -0.2) is 45.6 Å². The minimum atomic E-state index is -0.654.